The van der Waals surface area contributed by atoms with Crippen molar-refractivity contribution in [1.82, 2.24) is 14.7 Å². The van der Waals surface area contributed by atoms with Gasteiger partial charge >= 0.3 is 0 Å². The summed E-state index contributed by atoms with van der Waals surface area (Å²) >= 11 is 0. The van der Waals surface area contributed by atoms with Gasteiger partial charge in [0.2, 0.25) is 5.91 Å². The molecule has 3 heterocycles. The van der Waals surface area contributed by atoms with Gasteiger partial charge in [-0.1, -0.05) is 0 Å². The number of halogens is 2. The van der Waals surface area contributed by atoms with Crippen LogP contribution < -0.4 is 5.73 Å². The highest BCUT2D eigenvalue weighted by molar-refractivity contribution is 5.94. The van der Waals surface area contributed by atoms with E-state index in [2.05, 4.69) is 4.90 Å². The lowest BCUT2D eigenvalue weighted by atomic mass is 10.2. The molecule has 1 atom stereocenters. The predicted molar refractivity (Wildman–Crippen MR) is 104 cm³/mol. The highest BCUT2D eigenvalue weighted by Crippen LogP contribution is 2.16. The smallest absolute Gasteiger partial charge is 0.257 e. The topological polar surface area (TPSA) is 83.0 Å². The van der Waals surface area contributed by atoms with Crippen molar-refractivity contribution in [2.24, 2.45) is 5.73 Å². The number of hydrogen-bond acceptors (Lipinski definition) is 5. The van der Waals surface area contributed by atoms with Crippen molar-refractivity contribution in [3.05, 3.63) is 23.7 Å². The summed E-state index contributed by atoms with van der Waals surface area (Å²) in [5, 5.41) is 0. The van der Waals surface area contributed by atoms with Crippen LogP contribution in [0.2, 0.25) is 0 Å². The minimum Gasteiger partial charge on any atom is -0.467 e. The maximum atomic E-state index is 12.5. The van der Waals surface area contributed by atoms with Crippen molar-refractivity contribution in [3.63, 3.8) is 0 Å². The standard InChI is InChI=1S/C17H26N4O3.2ClH/c1-13(16(22)20-4-2-3-5-20)19-6-8-21(9-7-19)17(23)14-10-15(11-18)24-12-14;;/h10,12-13H,2-9,11,18H2,1H3;2*1H. The monoisotopic (exact) mass is 406 g/mol. The molecule has 0 bridgehead atoms. The van der Waals surface area contributed by atoms with Crippen LogP contribution in [-0.2, 0) is 11.3 Å². The summed E-state index contributed by atoms with van der Waals surface area (Å²) in [6.07, 6.45) is 3.68. The zero-order valence-electron chi connectivity index (χ0n) is 15.1. The van der Waals surface area contributed by atoms with Crippen LogP contribution in [0.15, 0.2) is 16.7 Å². The van der Waals surface area contributed by atoms with Crippen molar-refractivity contribution in [2.45, 2.75) is 32.4 Å². The van der Waals surface area contributed by atoms with E-state index in [0.29, 0.717) is 37.5 Å². The first kappa shape index (κ1) is 22.8. The number of furan rings is 1. The van der Waals surface area contributed by atoms with E-state index in [1.165, 1.54) is 6.26 Å². The van der Waals surface area contributed by atoms with Gasteiger partial charge in [-0.25, -0.2) is 0 Å². The SMILES string of the molecule is CC(C(=O)N1CCCC1)N1CCN(C(=O)c2coc(CN)c2)CC1.Cl.Cl. The lowest BCUT2D eigenvalue weighted by Crippen LogP contribution is -2.55. The van der Waals surface area contributed by atoms with Crippen LogP contribution in [0.4, 0.5) is 0 Å². The van der Waals surface area contributed by atoms with Crippen molar-refractivity contribution in [3.8, 4) is 0 Å². The van der Waals surface area contributed by atoms with Gasteiger partial charge in [0.15, 0.2) is 0 Å². The second-order valence-corrected chi connectivity index (χ2v) is 6.54. The molecule has 2 aliphatic rings. The van der Waals surface area contributed by atoms with Crippen LogP contribution in [0.25, 0.3) is 0 Å². The third kappa shape index (κ3) is 4.91. The molecule has 7 nitrogen and oxygen atoms in total. The molecule has 2 amide bonds. The number of piperazine rings is 1. The van der Waals surface area contributed by atoms with E-state index < -0.39 is 0 Å². The summed E-state index contributed by atoms with van der Waals surface area (Å²) in [5.41, 5.74) is 6.06. The Kier molecular flexibility index (Phi) is 8.89. The van der Waals surface area contributed by atoms with E-state index in [1.807, 2.05) is 16.7 Å². The largest absolute Gasteiger partial charge is 0.467 e. The second kappa shape index (κ2) is 10.2. The van der Waals surface area contributed by atoms with Gasteiger partial charge < -0.3 is 20.0 Å². The Labute approximate surface area is 166 Å². The fraction of sp³-hybridized carbons (Fsp3) is 0.647. The van der Waals surface area contributed by atoms with E-state index in [-0.39, 0.29) is 49.2 Å². The summed E-state index contributed by atoms with van der Waals surface area (Å²) in [5.74, 6) is 0.799. The first-order valence-electron chi connectivity index (χ1n) is 8.69. The zero-order valence-corrected chi connectivity index (χ0v) is 16.7. The molecule has 0 aliphatic carbocycles. The van der Waals surface area contributed by atoms with Crippen molar-refractivity contribution < 1.29 is 14.0 Å². The highest BCUT2D eigenvalue weighted by atomic mass is 35.5. The third-order valence-electron chi connectivity index (χ3n) is 5.03. The molecule has 0 saturated carbocycles. The lowest BCUT2D eigenvalue weighted by molar-refractivity contribution is -0.135. The van der Waals surface area contributed by atoms with Gasteiger partial charge in [0, 0.05) is 39.3 Å². The Hall–Kier alpha value is -1.28. The maximum Gasteiger partial charge on any atom is 0.257 e. The first-order valence-corrected chi connectivity index (χ1v) is 8.69. The Morgan fingerprint density at radius 3 is 2.23 bits per heavy atom. The van der Waals surface area contributed by atoms with E-state index in [4.69, 9.17) is 10.2 Å². The summed E-state index contributed by atoms with van der Waals surface area (Å²) in [6, 6.07) is 1.59. The number of nitrogens with two attached hydrogens (primary N) is 1. The molecule has 2 aliphatic heterocycles. The van der Waals surface area contributed by atoms with Crippen LogP contribution >= 0.6 is 24.8 Å². The van der Waals surface area contributed by atoms with E-state index >= 15 is 0 Å². The molecule has 2 saturated heterocycles. The average molecular weight is 407 g/mol. The Morgan fingerprint density at radius 2 is 1.69 bits per heavy atom. The molecule has 2 N–H and O–H groups in total. The lowest BCUT2D eigenvalue weighted by Gasteiger charge is -2.38. The van der Waals surface area contributed by atoms with Crippen LogP contribution in [0, 0.1) is 0 Å². The van der Waals surface area contributed by atoms with Crippen LogP contribution in [0.1, 0.15) is 35.9 Å². The Balaban J connectivity index is 0.00000169. The zero-order chi connectivity index (χ0) is 17.1. The van der Waals surface area contributed by atoms with Crippen molar-refractivity contribution in [2.75, 3.05) is 39.3 Å². The minimum absolute atomic E-state index is 0. The van der Waals surface area contributed by atoms with Gasteiger partial charge in [-0.3, -0.25) is 14.5 Å². The average Bonchev–Trinajstić information content (AvgIpc) is 3.31. The van der Waals surface area contributed by atoms with Gasteiger partial charge in [-0.15, -0.1) is 24.8 Å². The summed E-state index contributed by atoms with van der Waals surface area (Å²) < 4.78 is 5.24. The normalized spacial score (nSPS) is 18.8. The van der Waals surface area contributed by atoms with Gasteiger partial charge in [0.25, 0.3) is 5.91 Å². The maximum absolute atomic E-state index is 12.5. The molecule has 3 rings (SSSR count). The predicted octanol–water partition coefficient (Wildman–Crippen LogP) is 1.35. The molecule has 1 aromatic rings. The molecule has 1 aromatic heterocycles. The molecular weight excluding hydrogens is 379 g/mol. The molecule has 148 valence electrons. The van der Waals surface area contributed by atoms with E-state index in [0.717, 1.165) is 25.9 Å². The van der Waals surface area contributed by atoms with Crippen LogP contribution in [-0.4, -0.2) is 71.8 Å². The Morgan fingerprint density at radius 1 is 1.08 bits per heavy atom. The number of amides is 2. The molecule has 1 unspecified atom stereocenters. The van der Waals surface area contributed by atoms with Gasteiger partial charge in [-0.05, 0) is 25.8 Å². The number of rotatable bonds is 4. The molecule has 0 aromatic carbocycles. The van der Waals surface area contributed by atoms with Gasteiger partial charge in [0.1, 0.15) is 12.0 Å². The molecule has 9 heteroatoms. The fourth-order valence-electron chi connectivity index (χ4n) is 3.45. The number of carbonyl (C=O) groups excluding carboxylic acids is 2. The quantitative estimate of drug-likeness (QED) is 0.815. The third-order valence-corrected chi connectivity index (χ3v) is 5.03. The number of carbonyl (C=O) groups is 2. The second-order valence-electron chi connectivity index (χ2n) is 6.54. The molecule has 26 heavy (non-hydrogen) atoms. The molecule has 2 fully saturated rings. The molecule has 0 spiro atoms. The number of nitrogens with zero attached hydrogens (tertiary/aromatic N) is 3. The van der Waals surface area contributed by atoms with Crippen molar-refractivity contribution >= 4 is 36.6 Å². The van der Waals surface area contributed by atoms with Gasteiger partial charge in [0.05, 0.1) is 18.2 Å². The number of likely N-dealkylation sites (tertiary alicyclic amines) is 1. The summed E-state index contributed by atoms with van der Waals surface area (Å²) in [4.78, 5) is 30.9. The van der Waals surface area contributed by atoms with E-state index in [9.17, 15) is 9.59 Å². The highest BCUT2D eigenvalue weighted by Gasteiger charge is 2.31. The minimum atomic E-state index is -0.113. The summed E-state index contributed by atoms with van der Waals surface area (Å²) in [7, 11) is 0. The van der Waals surface area contributed by atoms with Crippen LogP contribution in [0.5, 0.6) is 0 Å². The van der Waals surface area contributed by atoms with Gasteiger partial charge in [-0.2, -0.15) is 0 Å². The molecular formula is C17H28Cl2N4O3. The first-order chi connectivity index (χ1) is 11.6. The van der Waals surface area contributed by atoms with Crippen LogP contribution in [0.3, 0.4) is 0 Å². The van der Waals surface area contributed by atoms with Crippen molar-refractivity contribution in [1.29, 1.82) is 0 Å². The molecule has 0 radical (unpaired) electrons. The fourth-order valence-corrected chi connectivity index (χ4v) is 3.45. The summed E-state index contributed by atoms with van der Waals surface area (Å²) in [6.45, 7) is 6.71. The number of hydrogen-bond donors (Lipinski definition) is 1. The van der Waals surface area contributed by atoms with E-state index in [1.54, 1.807) is 6.07 Å². The Bertz CT molecular complexity index is 597.